The first-order valence-electron chi connectivity index (χ1n) is 16.7. The number of ether oxygens (including phenoxy) is 6. The summed E-state index contributed by atoms with van der Waals surface area (Å²) >= 11 is 0. The molecule has 0 aromatic rings. The molecule has 3 aliphatic heterocycles. The number of halogens is 1. The quantitative estimate of drug-likeness (QED) is 0.0784. The Morgan fingerprint density at radius 2 is 1.31 bits per heavy atom. The molecule has 1 saturated carbocycles. The Hall–Kier alpha value is -1.40. The van der Waals surface area contributed by atoms with Gasteiger partial charge in [0.2, 0.25) is 0 Å². The highest BCUT2D eigenvalue weighted by Gasteiger charge is 2.55. The molecule has 0 bridgehead atoms. The van der Waals surface area contributed by atoms with E-state index in [2.05, 4.69) is 10.6 Å². The number of aliphatic hydroxyl groups excluding tert-OH is 8. The molecular formula is C28H54FN7O15. The number of alkyl halides is 1. The molecule has 4 fully saturated rings. The van der Waals surface area contributed by atoms with Crippen LogP contribution in [0.15, 0.2) is 0 Å². The maximum absolute atomic E-state index is 14.0. The second-order valence-corrected chi connectivity index (χ2v) is 13.2. The van der Waals surface area contributed by atoms with Gasteiger partial charge in [-0.05, 0) is 13.5 Å². The molecule has 1 aliphatic carbocycles. The predicted molar refractivity (Wildman–Crippen MR) is 167 cm³/mol. The Morgan fingerprint density at radius 1 is 0.784 bits per heavy atom. The van der Waals surface area contributed by atoms with Gasteiger partial charge in [0, 0.05) is 25.7 Å². The van der Waals surface area contributed by atoms with Crippen LogP contribution in [0.5, 0.6) is 0 Å². The molecule has 4 aliphatic rings. The molecule has 51 heavy (non-hydrogen) atoms. The van der Waals surface area contributed by atoms with Crippen LogP contribution in [0.2, 0.25) is 0 Å². The predicted octanol–water partition coefficient (Wildman–Crippen LogP) is -9.82. The van der Waals surface area contributed by atoms with Crippen molar-refractivity contribution in [3.63, 3.8) is 0 Å². The zero-order valence-corrected chi connectivity index (χ0v) is 27.9. The standard InChI is InChI=1S/C28H54FN7O15/c1-35-5-11-18(41)20(43)14(34)27(47-11)49-22-8(32)2-9(36-25(45)15(38)7(29)3-30)16(39)24(22)51-28-21(44)23(12(6-37)48-28)50-26-13(33)19(42)17(40)10(4-31)46-26/h7-24,26-28,35,37-44H,2-6,30-34H2,1H3,(H,36,45)/t7-,8+,9-,10+,11-,12-,13-,14-,15+,16+,17-,18-,19-,20-,21-,22-,23-,24-,26-,27-,28+/m1/s1. The van der Waals surface area contributed by atoms with Gasteiger partial charge in [0.25, 0.3) is 5.91 Å². The van der Waals surface area contributed by atoms with Crippen molar-refractivity contribution in [3.05, 3.63) is 0 Å². The van der Waals surface area contributed by atoms with Crippen LogP contribution in [0.4, 0.5) is 4.39 Å². The summed E-state index contributed by atoms with van der Waals surface area (Å²) < 4.78 is 49.1. The molecule has 23 heteroatoms. The van der Waals surface area contributed by atoms with Crippen molar-refractivity contribution in [1.29, 1.82) is 0 Å². The SMILES string of the molecule is CNC[C@H]1O[C@H](O[C@H]2[C@H](O[C@@H]3O[C@H](CO)[C@@H](O[C@H]4O[C@@H](CN)[C@@H](O)[C@H](O)[C@H]4N)[C@H]3O)[C@@H](O)[C@H](NC(=O)[C@@H](O)[C@H](F)CN)C[C@@H]2N)[C@H](N)[C@@H](O)[C@@H]1O. The number of nitrogens with one attached hydrogen (secondary N) is 2. The fourth-order valence-electron chi connectivity index (χ4n) is 6.59. The second-order valence-electron chi connectivity index (χ2n) is 13.2. The first-order valence-corrected chi connectivity index (χ1v) is 16.7. The van der Waals surface area contributed by atoms with Crippen molar-refractivity contribution in [1.82, 2.24) is 10.6 Å². The number of carbonyl (C=O) groups is 1. The largest absolute Gasteiger partial charge is 0.394 e. The Morgan fingerprint density at radius 3 is 1.86 bits per heavy atom. The van der Waals surface area contributed by atoms with Crippen LogP contribution in [0, 0.1) is 0 Å². The fraction of sp³-hybridized carbons (Fsp3) is 0.964. The first-order chi connectivity index (χ1) is 24.1. The van der Waals surface area contributed by atoms with Gasteiger partial charge in [0.1, 0.15) is 79.4 Å². The van der Waals surface area contributed by atoms with Crippen LogP contribution in [0.3, 0.4) is 0 Å². The number of rotatable bonds is 14. The maximum atomic E-state index is 14.0. The minimum atomic E-state index is -2.19. The summed E-state index contributed by atoms with van der Waals surface area (Å²) in [6.07, 6.45) is -26.5. The lowest BCUT2D eigenvalue weighted by Gasteiger charge is -2.48. The van der Waals surface area contributed by atoms with Crippen molar-refractivity contribution in [2.45, 2.75) is 135 Å². The molecule has 0 spiro atoms. The molecule has 0 unspecified atom stereocenters. The van der Waals surface area contributed by atoms with Gasteiger partial charge in [-0.3, -0.25) is 4.79 Å². The van der Waals surface area contributed by atoms with Crippen molar-refractivity contribution in [2.24, 2.45) is 28.7 Å². The molecule has 4 rings (SSSR count). The number of hydrogen-bond donors (Lipinski definition) is 15. The van der Waals surface area contributed by atoms with E-state index < -0.39 is 148 Å². The monoisotopic (exact) mass is 747 g/mol. The molecule has 0 aromatic heterocycles. The summed E-state index contributed by atoms with van der Waals surface area (Å²) in [5, 5.41) is 89.8. The van der Waals surface area contributed by atoms with Crippen molar-refractivity contribution >= 4 is 5.91 Å². The van der Waals surface area contributed by atoms with Crippen LogP contribution < -0.4 is 39.3 Å². The number of hydrogen-bond acceptors (Lipinski definition) is 21. The molecule has 3 heterocycles. The van der Waals surface area contributed by atoms with Gasteiger partial charge < -0.3 is 109 Å². The molecule has 22 nitrogen and oxygen atoms in total. The minimum Gasteiger partial charge on any atom is -0.394 e. The van der Waals surface area contributed by atoms with Crippen LogP contribution in [0.25, 0.3) is 0 Å². The highest BCUT2D eigenvalue weighted by molar-refractivity contribution is 5.81. The summed E-state index contributed by atoms with van der Waals surface area (Å²) in [6, 6.07) is -5.11. The molecule has 20 N–H and O–H groups in total. The highest BCUT2D eigenvalue weighted by atomic mass is 19.1. The van der Waals surface area contributed by atoms with Gasteiger partial charge in [-0.1, -0.05) is 0 Å². The number of likely N-dealkylation sites (N-methyl/N-ethyl adjacent to an activating group) is 1. The lowest BCUT2D eigenvalue weighted by atomic mass is 9.83. The molecule has 3 saturated heterocycles. The van der Waals surface area contributed by atoms with Gasteiger partial charge in [0.05, 0.1) is 24.7 Å². The van der Waals surface area contributed by atoms with Gasteiger partial charge >= 0.3 is 0 Å². The van der Waals surface area contributed by atoms with Gasteiger partial charge in [-0.15, -0.1) is 0 Å². The van der Waals surface area contributed by atoms with Gasteiger partial charge in [-0.2, -0.15) is 0 Å². The lowest BCUT2D eigenvalue weighted by Crippen LogP contribution is -2.69. The average Bonchev–Trinajstić information content (AvgIpc) is 3.41. The van der Waals surface area contributed by atoms with Gasteiger partial charge in [0.15, 0.2) is 25.0 Å². The van der Waals surface area contributed by atoms with Crippen LogP contribution in [-0.2, 0) is 33.2 Å². The Balaban J connectivity index is 1.58. The third-order valence-electron chi connectivity index (χ3n) is 9.66. The highest BCUT2D eigenvalue weighted by Crippen LogP contribution is 2.34. The van der Waals surface area contributed by atoms with Crippen LogP contribution in [0.1, 0.15) is 6.42 Å². The Labute approximate surface area is 292 Å². The zero-order chi connectivity index (χ0) is 37.9. The molecular weight excluding hydrogens is 693 g/mol. The third kappa shape index (κ3) is 9.12. The van der Waals surface area contributed by atoms with Crippen molar-refractivity contribution < 1.29 is 78.5 Å². The smallest absolute Gasteiger partial charge is 0.252 e. The van der Waals surface area contributed by atoms with Crippen molar-refractivity contribution in [3.8, 4) is 0 Å². The Bertz CT molecular complexity index is 1110. The zero-order valence-electron chi connectivity index (χ0n) is 27.9. The fourth-order valence-corrected chi connectivity index (χ4v) is 6.59. The topological polar surface area (TPSA) is 388 Å². The summed E-state index contributed by atoms with van der Waals surface area (Å²) in [7, 11) is 1.58. The van der Waals surface area contributed by atoms with E-state index >= 15 is 0 Å². The molecule has 21 atom stereocenters. The lowest BCUT2D eigenvalue weighted by molar-refractivity contribution is -0.307. The summed E-state index contributed by atoms with van der Waals surface area (Å²) in [5.74, 6) is -1.22. The number of carbonyl (C=O) groups excluding carboxylic acids is 1. The average molecular weight is 748 g/mol. The summed E-state index contributed by atoms with van der Waals surface area (Å²) in [6.45, 7) is -1.57. The van der Waals surface area contributed by atoms with Crippen LogP contribution in [-0.4, -0.2) is 209 Å². The number of nitrogens with two attached hydrogens (primary N) is 5. The third-order valence-corrected chi connectivity index (χ3v) is 9.66. The van der Waals surface area contributed by atoms with E-state index in [0.717, 1.165) is 0 Å². The number of amides is 1. The molecule has 0 radical (unpaired) electrons. The van der Waals surface area contributed by atoms with E-state index in [1.807, 2.05) is 0 Å². The van der Waals surface area contributed by atoms with Crippen molar-refractivity contribution in [2.75, 3.05) is 33.3 Å². The first kappa shape index (κ1) is 42.3. The maximum Gasteiger partial charge on any atom is 0.252 e. The normalized spacial score (nSPS) is 47.5. The molecule has 1 amide bonds. The molecule has 298 valence electrons. The van der Waals surface area contributed by atoms with Crippen LogP contribution >= 0.6 is 0 Å². The molecule has 0 aromatic carbocycles. The van der Waals surface area contributed by atoms with E-state index in [4.69, 9.17) is 57.1 Å². The van der Waals surface area contributed by atoms with E-state index in [0.29, 0.717) is 0 Å². The van der Waals surface area contributed by atoms with Gasteiger partial charge in [-0.25, -0.2) is 4.39 Å². The van der Waals surface area contributed by atoms with E-state index in [1.165, 1.54) is 0 Å². The number of aliphatic hydroxyl groups is 8. The summed E-state index contributed by atoms with van der Waals surface area (Å²) in [5.41, 5.74) is 29.4. The Kier molecular flexibility index (Phi) is 15.2. The van der Waals surface area contributed by atoms with E-state index in [9.17, 15) is 50.0 Å². The van der Waals surface area contributed by atoms with E-state index in [-0.39, 0.29) is 19.5 Å². The minimum absolute atomic E-state index is 0.0707. The summed E-state index contributed by atoms with van der Waals surface area (Å²) in [4.78, 5) is 12.7. The second kappa shape index (κ2) is 18.3. The van der Waals surface area contributed by atoms with E-state index in [1.54, 1.807) is 7.05 Å².